The molecule has 0 aliphatic carbocycles. The molecular formula is C14H12N2O3S. The number of nitrogens with zero attached hydrogens (tertiary/aromatic N) is 1. The Hall–Kier alpha value is -2.52. The lowest BCUT2D eigenvalue weighted by atomic mass is 10.2. The minimum Gasteiger partial charge on any atom is -0.508 e. The van der Waals surface area contributed by atoms with Crippen LogP contribution < -0.4 is 4.72 Å². The average Bonchev–Trinajstić information content (AvgIpc) is 2.41. The summed E-state index contributed by atoms with van der Waals surface area (Å²) in [6, 6.07) is 12.1. The molecule has 0 amide bonds. The Bertz CT molecular complexity index is 775. The third-order valence-electron chi connectivity index (χ3n) is 2.73. The normalized spacial score (nSPS) is 10.8. The first kappa shape index (κ1) is 13.9. The molecule has 0 aromatic heterocycles. The van der Waals surface area contributed by atoms with Crippen molar-refractivity contribution in [3.8, 4) is 11.8 Å². The van der Waals surface area contributed by atoms with Crippen LogP contribution in [0, 0.1) is 18.3 Å². The van der Waals surface area contributed by atoms with Gasteiger partial charge < -0.3 is 5.11 Å². The van der Waals surface area contributed by atoms with E-state index in [4.69, 9.17) is 5.26 Å². The van der Waals surface area contributed by atoms with Gasteiger partial charge >= 0.3 is 0 Å². The van der Waals surface area contributed by atoms with Crippen LogP contribution in [0.25, 0.3) is 0 Å². The molecule has 0 bridgehead atoms. The maximum atomic E-state index is 12.3. The second-order valence-corrected chi connectivity index (χ2v) is 5.90. The van der Waals surface area contributed by atoms with Gasteiger partial charge in [-0.15, -0.1) is 0 Å². The summed E-state index contributed by atoms with van der Waals surface area (Å²) in [6.45, 7) is 1.66. The molecule has 0 atom stereocenters. The second kappa shape index (κ2) is 5.23. The van der Waals surface area contributed by atoms with E-state index in [0.29, 0.717) is 11.3 Å². The molecule has 6 heteroatoms. The SMILES string of the molecule is Cc1ccc(C#N)cc1S(=O)(=O)Nc1ccc(O)cc1. The maximum absolute atomic E-state index is 12.3. The quantitative estimate of drug-likeness (QED) is 0.848. The monoisotopic (exact) mass is 288 g/mol. The lowest BCUT2D eigenvalue weighted by molar-refractivity contribution is 0.475. The first-order valence-electron chi connectivity index (χ1n) is 5.75. The second-order valence-electron chi connectivity index (χ2n) is 4.24. The summed E-state index contributed by atoms with van der Waals surface area (Å²) in [5.41, 5.74) is 1.17. The van der Waals surface area contributed by atoms with Gasteiger partial charge in [-0.3, -0.25) is 4.72 Å². The van der Waals surface area contributed by atoms with Crippen molar-refractivity contribution < 1.29 is 13.5 Å². The molecule has 0 saturated carbocycles. The number of anilines is 1. The lowest BCUT2D eigenvalue weighted by Crippen LogP contribution is -2.14. The summed E-state index contributed by atoms with van der Waals surface area (Å²) in [5, 5.41) is 18.0. The van der Waals surface area contributed by atoms with E-state index in [-0.39, 0.29) is 16.2 Å². The number of sulfonamides is 1. The molecule has 2 aromatic rings. The Morgan fingerprint density at radius 2 is 1.80 bits per heavy atom. The van der Waals surface area contributed by atoms with Crippen molar-refractivity contribution >= 4 is 15.7 Å². The Balaban J connectivity index is 2.40. The summed E-state index contributed by atoms with van der Waals surface area (Å²) < 4.78 is 27.0. The summed E-state index contributed by atoms with van der Waals surface area (Å²) in [6.07, 6.45) is 0. The predicted octanol–water partition coefficient (Wildman–Crippen LogP) is 2.37. The predicted molar refractivity (Wildman–Crippen MR) is 74.8 cm³/mol. The minimum absolute atomic E-state index is 0.0515. The molecule has 0 radical (unpaired) electrons. The molecule has 5 nitrogen and oxygen atoms in total. The highest BCUT2D eigenvalue weighted by molar-refractivity contribution is 7.92. The van der Waals surface area contributed by atoms with Gasteiger partial charge in [0.1, 0.15) is 5.75 Å². The molecule has 20 heavy (non-hydrogen) atoms. The number of phenolic OH excluding ortho intramolecular Hbond substituents is 1. The van der Waals surface area contributed by atoms with Crippen molar-refractivity contribution in [3.05, 3.63) is 53.6 Å². The van der Waals surface area contributed by atoms with Crippen LogP contribution in [0.2, 0.25) is 0 Å². The van der Waals surface area contributed by atoms with Gasteiger partial charge in [0, 0.05) is 5.69 Å². The van der Waals surface area contributed by atoms with Crippen molar-refractivity contribution in [3.63, 3.8) is 0 Å². The number of aromatic hydroxyl groups is 1. The fourth-order valence-electron chi connectivity index (χ4n) is 1.70. The van der Waals surface area contributed by atoms with Gasteiger partial charge in [0.2, 0.25) is 0 Å². The topological polar surface area (TPSA) is 90.2 Å². The number of hydrogen-bond donors (Lipinski definition) is 2. The molecule has 0 aliphatic rings. The van der Waals surface area contributed by atoms with Gasteiger partial charge in [-0.05, 0) is 48.9 Å². The van der Waals surface area contributed by atoms with Crippen LogP contribution in [-0.2, 0) is 10.0 Å². The number of nitrogens with one attached hydrogen (secondary N) is 1. The van der Waals surface area contributed by atoms with Crippen LogP contribution in [-0.4, -0.2) is 13.5 Å². The number of rotatable bonds is 3. The van der Waals surface area contributed by atoms with Gasteiger partial charge in [0.25, 0.3) is 10.0 Å². The minimum atomic E-state index is -3.77. The molecule has 2 rings (SSSR count). The molecule has 2 aromatic carbocycles. The molecule has 0 saturated heterocycles. The highest BCUT2D eigenvalue weighted by Gasteiger charge is 2.17. The van der Waals surface area contributed by atoms with E-state index in [1.807, 2.05) is 6.07 Å². The number of nitriles is 1. The fourth-order valence-corrected chi connectivity index (χ4v) is 3.03. The van der Waals surface area contributed by atoms with Gasteiger partial charge in [0.15, 0.2) is 0 Å². The van der Waals surface area contributed by atoms with Gasteiger partial charge in [-0.2, -0.15) is 5.26 Å². The zero-order chi connectivity index (χ0) is 14.8. The van der Waals surface area contributed by atoms with Gasteiger partial charge in [-0.25, -0.2) is 8.42 Å². The molecule has 0 unspecified atom stereocenters. The maximum Gasteiger partial charge on any atom is 0.262 e. The van der Waals surface area contributed by atoms with Crippen LogP contribution >= 0.6 is 0 Å². The van der Waals surface area contributed by atoms with E-state index in [9.17, 15) is 13.5 Å². The van der Waals surface area contributed by atoms with Crippen molar-refractivity contribution in [1.82, 2.24) is 0 Å². The lowest BCUT2D eigenvalue weighted by Gasteiger charge is -2.10. The van der Waals surface area contributed by atoms with Gasteiger partial charge in [0.05, 0.1) is 16.5 Å². The Morgan fingerprint density at radius 3 is 2.40 bits per heavy atom. The summed E-state index contributed by atoms with van der Waals surface area (Å²) >= 11 is 0. The average molecular weight is 288 g/mol. The van der Waals surface area contributed by atoms with E-state index in [1.165, 1.54) is 30.3 Å². The highest BCUT2D eigenvalue weighted by atomic mass is 32.2. The first-order chi connectivity index (χ1) is 9.42. The molecule has 0 fully saturated rings. The van der Waals surface area contributed by atoms with Crippen molar-refractivity contribution in [2.24, 2.45) is 0 Å². The molecule has 0 aliphatic heterocycles. The molecule has 0 spiro atoms. The molecule has 102 valence electrons. The molecule has 2 N–H and O–H groups in total. The fraction of sp³-hybridized carbons (Fsp3) is 0.0714. The van der Waals surface area contributed by atoms with Crippen LogP contribution in [0.4, 0.5) is 5.69 Å². The summed E-state index contributed by atoms with van der Waals surface area (Å²) in [5.74, 6) is 0.0515. The third kappa shape index (κ3) is 2.90. The van der Waals surface area contributed by atoms with E-state index in [0.717, 1.165) is 0 Å². The Kier molecular flexibility index (Phi) is 3.63. The standard InChI is InChI=1S/C14H12N2O3S/c1-10-2-3-11(9-15)8-14(10)20(18,19)16-12-4-6-13(17)7-5-12/h2-8,16-17H,1H3. The first-order valence-corrected chi connectivity index (χ1v) is 7.23. The zero-order valence-electron chi connectivity index (χ0n) is 10.7. The number of hydrogen-bond acceptors (Lipinski definition) is 4. The highest BCUT2D eigenvalue weighted by Crippen LogP contribution is 2.21. The number of benzene rings is 2. The van der Waals surface area contributed by atoms with Crippen LogP contribution in [0.1, 0.15) is 11.1 Å². The van der Waals surface area contributed by atoms with E-state index >= 15 is 0 Å². The van der Waals surface area contributed by atoms with Crippen LogP contribution in [0.15, 0.2) is 47.4 Å². The van der Waals surface area contributed by atoms with E-state index in [1.54, 1.807) is 19.1 Å². The summed E-state index contributed by atoms with van der Waals surface area (Å²) in [7, 11) is -3.77. The number of phenols is 1. The summed E-state index contributed by atoms with van der Waals surface area (Å²) in [4.78, 5) is 0.0598. The van der Waals surface area contributed by atoms with Crippen molar-refractivity contribution in [2.75, 3.05) is 4.72 Å². The van der Waals surface area contributed by atoms with E-state index in [2.05, 4.69) is 4.72 Å². The van der Waals surface area contributed by atoms with Crippen LogP contribution in [0.3, 0.4) is 0 Å². The smallest absolute Gasteiger partial charge is 0.262 e. The van der Waals surface area contributed by atoms with Crippen molar-refractivity contribution in [2.45, 2.75) is 11.8 Å². The largest absolute Gasteiger partial charge is 0.508 e. The van der Waals surface area contributed by atoms with E-state index < -0.39 is 10.0 Å². The van der Waals surface area contributed by atoms with Crippen LogP contribution in [0.5, 0.6) is 5.75 Å². The van der Waals surface area contributed by atoms with Gasteiger partial charge in [-0.1, -0.05) is 6.07 Å². The Morgan fingerprint density at radius 1 is 1.15 bits per heavy atom. The third-order valence-corrected chi connectivity index (χ3v) is 4.25. The number of aryl methyl sites for hydroxylation is 1. The Labute approximate surface area is 117 Å². The zero-order valence-corrected chi connectivity index (χ0v) is 11.5. The molecular weight excluding hydrogens is 276 g/mol. The molecule has 0 heterocycles. The van der Waals surface area contributed by atoms with Crippen molar-refractivity contribution in [1.29, 1.82) is 5.26 Å².